The molecule has 27 heavy (non-hydrogen) atoms. The lowest BCUT2D eigenvalue weighted by molar-refractivity contribution is -0.156. The van der Waals surface area contributed by atoms with Crippen LogP contribution in [-0.4, -0.2) is 56.8 Å². The second kappa shape index (κ2) is 15.8. The number of carbonyl (C=O) groups excluding carboxylic acids is 1. The summed E-state index contributed by atoms with van der Waals surface area (Å²) in [4.78, 5) is 23.0. The third kappa shape index (κ3) is 15.6. The molecule has 7 heteroatoms. The van der Waals surface area contributed by atoms with Gasteiger partial charge < -0.3 is 25.2 Å². The molecule has 0 saturated heterocycles. The molecule has 0 aromatic heterocycles. The number of hydrogen-bond donors (Lipinski definition) is 4. The van der Waals surface area contributed by atoms with Crippen molar-refractivity contribution in [3.63, 3.8) is 0 Å². The van der Waals surface area contributed by atoms with Crippen molar-refractivity contribution in [2.75, 3.05) is 0 Å². The van der Waals surface area contributed by atoms with Crippen LogP contribution in [0.15, 0.2) is 0 Å². The number of aliphatic hydroxyl groups is 3. The first kappa shape index (κ1) is 25.8. The molecule has 0 rings (SSSR count). The highest BCUT2D eigenvalue weighted by Crippen LogP contribution is 2.16. The summed E-state index contributed by atoms with van der Waals surface area (Å²) in [6.45, 7) is 4.11. The van der Waals surface area contributed by atoms with E-state index in [1.807, 2.05) is 6.92 Å². The fraction of sp³-hybridized carbons (Fsp3) is 0.900. The first-order valence-corrected chi connectivity index (χ1v) is 10.2. The van der Waals surface area contributed by atoms with Gasteiger partial charge in [0.2, 0.25) is 0 Å². The van der Waals surface area contributed by atoms with E-state index >= 15 is 0 Å². The molecular formula is C20H38O7. The number of carboxylic acids is 1. The van der Waals surface area contributed by atoms with Crippen molar-refractivity contribution in [1.82, 2.24) is 0 Å². The fourth-order valence-corrected chi connectivity index (χ4v) is 2.99. The van der Waals surface area contributed by atoms with Crippen LogP contribution in [0.25, 0.3) is 0 Å². The van der Waals surface area contributed by atoms with Gasteiger partial charge in [0.25, 0.3) is 0 Å². The lowest BCUT2D eigenvalue weighted by atomic mass is 10.0. The van der Waals surface area contributed by atoms with Gasteiger partial charge in [-0.1, -0.05) is 52.4 Å². The number of hydrogen-bond acceptors (Lipinski definition) is 6. The fourth-order valence-electron chi connectivity index (χ4n) is 2.99. The van der Waals surface area contributed by atoms with Crippen LogP contribution in [-0.2, 0) is 14.3 Å². The molecular weight excluding hydrogens is 352 g/mol. The summed E-state index contributed by atoms with van der Waals surface area (Å²) in [5.41, 5.74) is 0. The van der Waals surface area contributed by atoms with Crippen LogP contribution in [0.1, 0.15) is 90.9 Å². The topological polar surface area (TPSA) is 124 Å². The van der Waals surface area contributed by atoms with Crippen molar-refractivity contribution in [3.05, 3.63) is 0 Å². The van der Waals surface area contributed by atoms with E-state index in [1.54, 1.807) is 0 Å². The summed E-state index contributed by atoms with van der Waals surface area (Å²) < 4.78 is 5.17. The van der Waals surface area contributed by atoms with Gasteiger partial charge in [0.1, 0.15) is 6.10 Å². The molecule has 0 amide bonds. The normalized spacial score (nSPS) is 15.7. The molecule has 0 saturated carbocycles. The second-order valence-corrected chi connectivity index (χ2v) is 7.34. The first-order chi connectivity index (χ1) is 12.8. The van der Waals surface area contributed by atoms with E-state index in [4.69, 9.17) is 9.84 Å². The Morgan fingerprint density at radius 3 is 1.78 bits per heavy atom. The Morgan fingerprint density at radius 2 is 1.30 bits per heavy atom. The first-order valence-electron chi connectivity index (χ1n) is 10.2. The van der Waals surface area contributed by atoms with Crippen LogP contribution < -0.4 is 0 Å². The monoisotopic (exact) mass is 390 g/mol. The second-order valence-electron chi connectivity index (χ2n) is 7.34. The van der Waals surface area contributed by atoms with Gasteiger partial charge >= 0.3 is 11.9 Å². The quantitative estimate of drug-likeness (QED) is 0.222. The van der Waals surface area contributed by atoms with Gasteiger partial charge in [-0.3, -0.25) is 9.59 Å². The maximum atomic E-state index is 12.0. The zero-order valence-corrected chi connectivity index (χ0v) is 16.8. The van der Waals surface area contributed by atoms with Crippen molar-refractivity contribution >= 4 is 11.9 Å². The number of carboxylic acid groups (broad SMARTS) is 1. The predicted octanol–water partition coefficient (Wildman–Crippen LogP) is 2.79. The van der Waals surface area contributed by atoms with Crippen molar-refractivity contribution in [2.24, 2.45) is 0 Å². The summed E-state index contributed by atoms with van der Waals surface area (Å²) in [5.74, 6) is -1.82. The highest BCUT2D eigenvalue weighted by molar-refractivity contribution is 5.71. The lowest BCUT2D eigenvalue weighted by Crippen LogP contribution is -2.29. The summed E-state index contributed by atoms with van der Waals surface area (Å²) >= 11 is 0. The summed E-state index contributed by atoms with van der Waals surface area (Å²) in [7, 11) is 0. The number of aliphatic carboxylic acids is 1. The lowest BCUT2D eigenvalue weighted by Gasteiger charge is -2.21. The number of ether oxygens (including phenoxy) is 1. The predicted molar refractivity (Wildman–Crippen MR) is 102 cm³/mol. The largest absolute Gasteiger partial charge is 0.481 e. The Morgan fingerprint density at radius 1 is 0.778 bits per heavy atom. The van der Waals surface area contributed by atoms with Crippen molar-refractivity contribution < 1.29 is 34.8 Å². The maximum Gasteiger partial charge on any atom is 0.308 e. The standard InChI is InChI=1S/C20H38O7/c1-3-5-7-9-15(21)11-17(23)13-20(26)27-18(14-19(24)25)12-16(22)10-8-6-4-2/h15-18,21-23H,3-14H2,1-2H3,(H,24,25)/t15-,16-,17+,18+/m1/s1. The van der Waals surface area contributed by atoms with E-state index in [0.29, 0.717) is 12.8 Å². The zero-order valence-electron chi connectivity index (χ0n) is 16.8. The molecule has 4 atom stereocenters. The number of unbranched alkanes of at least 4 members (excludes halogenated alkanes) is 4. The molecule has 0 unspecified atom stereocenters. The van der Waals surface area contributed by atoms with Gasteiger partial charge in [-0.15, -0.1) is 0 Å². The highest BCUT2D eigenvalue weighted by atomic mass is 16.5. The maximum absolute atomic E-state index is 12.0. The molecule has 0 fully saturated rings. The Hall–Kier alpha value is -1.18. The van der Waals surface area contributed by atoms with E-state index in [9.17, 15) is 24.9 Å². The third-order valence-corrected chi connectivity index (χ3v) is 4.46. The van der Waals surface area contributed by atoms with Crippen molar-refractivity contribution in [1.29, 1.82) is 0 Å². The molecule has 0 aliphatic rings. The Balaban J connectivity index is 4.34. The number of carbonyl (C=O) groups is 2. The van der Waals surface area contributed by atoms with Gasteiger partial charge in [0.15, 0.2) is 0 Å². The van der Waals surface area contributed by atoms with E-state index in [2.05, 4.69) is 6.92 Å². The molecule has 4 N–H and O–H groups in total. The molecule has 0 bridgehead atoms. The van der Waals surface area contributed by atoms with E-state index in [1.165, 1.54) is 0 Å². The minimum atomic E-state index is -1.11. The van der Waals surface area contributed by atoms with Gasteiger partial charge in [0, 0.05) is 6.42 Å². The van der Waals surface area contributed by atoms with Crippen LogP contribution in [0.3, 0.4) is 0 Å². The van der Waals surface area contributed by atoms with Crippen LogP contribution in [0, 0.1) is 0 Å². The molecule has 160 valence electrons. The Bertz CT molecular complexity index is 400. The average Bonchev–Trinajstić information content (AvgIpc) is 2.54. The molecule has 0 spiro atoms. The minimum Gasteiger partial charge on any atom is -0.481 e. The third-order valence-electron chi connectivity index (χ3n) is 4.46. The number of esters is 1. The van der Waals surface area contributed by atoms with Gasteiger partial charge in [-0.2, -0.15) is 0 Å². The molecule has 0 radical (unpaired) electrons. The van der Waals surface area contributed by atoms with Crippen molar-refractivity contribution in [3.8, 4) is 0 Å². The van der Waals surface area contributed by atoms with Crippen LogP contribution >= 0.6 is 0 Å². The van der Waals surface area contributed by atoms with E-state index < -0.39 is 36.4 Å². The summed E-state index contributed by atoms with van der Waals surface area (Å²) in [6, 6.07) is 0. The molecule has 0 heterocycles. The van der Waals surface area contributed by atoms with Gasteiger partial charge in [0.05, 0.1) is 31.2 Å². The molecule has 7 nitrogen and oxygen atoms in total. The highest BCUT2D eigenvalue weighted by Gasteiger charge is 2.23. The SMILES string of the molecule is CCCCC[C@@H](O)C[C@H](O)CC(=O)O[C@H](CC(=O)O)C[C@H](O)CCCCC. The van der Waals surface area contributed by atoms with Crippen LogP contribution in [0.2, 0.25) is 0 Å². The van der Waals surface area contributed by atoms with Crippen molar-refractivity contribution in [2.45, 2.75) is 115 Å². The average molecular weight is 391 g/mol. The molecule has 0 aromatic carbocycles. The smallest absolute Gasteiger partial charge is 0.308 e. The zero-order chi connectivity index (χ0) is 20.7. The molecule has 0 aliphatic heterocycles. The minimum absolute atomic E-state index is 0.0670. The molecule has 0 aliphatic carbocycles. The van der Waals surface area contributed by atoms with Crippen LogP contribution in [0.4, 0.5) is 0 Å². The number of rotatable bonds is 17. The van der Waals surface area contributed by atoms with Crippen LogP contribution in [0.5, 0.6) is 0 Å². The van der Waals surface area contributed by atoms with E-state index in [-0.39, 0.29) is 25.7 Å². The summed E-state index contributed by atoms with van der Waals surface area (Å²) in [5, 5.41) is 38.8. The Kier molecular flexibility index (Phi) is 15.1. The van der Waals surface area contributed by atoms with E-state index in [0.717, 1.165) is 38.5 Å². The number of aliphatic hydroxyl groups excluding tert-OH is 3. The van der Waals surface area contributed by atoms with Gasteiger partial charge in [-0.25, -0.2) is 0 Å². The van der Waals surface area contributed by atoms with Gasteiger partial charge in [-0.05, 0) is 19.3 Å². The summed E-state index contributed by atoms with van der Waals surface area (Å²) in [6.07, 6.45) is 2.97. The molecule has 0 aromatic rings. The Labute approximate surface area is 162 Å².